The van der Waals surface area contributed by atoms with Gasteiger partial charge in [0.05, 0.1) is 17.1 Å². The maximum atomic E-state index is 13.3. The van der Waals surface area contributed by atoms with E-state index in [0.717, 1.165) is 11.1 Å². The maximum Gasteiger partial charge on any atom is 0.255 e. The summed E-state index contributed by atoms with van der Waals surface area (Å²) < 4.78 is 36.5. The van der Waals surface area contributed by atoms with Gasteiger partial charge in [0, 0.05) is 25.5 Å². The van der Waals surface area contributed by atoms with Crippen LogP contribution >= 0.6 is 0 Å². The number of hydrogen-bond acceptors (Lipinski definition) is 4. The van der Waals surface area contributed by atoms with Crippen LogP contribution < -0.4 is 0 Å². The van der Waals surface area contributed by atoms with Crippen LogP contribution in [0.1, 0.15) is 27.9 Å². The number of carbonyl (C=O) groups is 1. The van der Waals surface area contributed by atoms with Gasteiger partial charge in [0.25, 0.3) is 5.91 Å². The number of nitrogens with zero attached hydrogens (tertiary/aromatic N) is 2. The van der Waals surface area contributed by atoms with E-state index >= 15 is 0 Å². The zero-order valence-corrected chi connectivity index (χ0v) is 14.7. The summed E-state index contributed by atoms with van der Waals surface area (Å²) in [6.45, 7) is 0. The summed E-state index contributed by atoms with van der Waals surface area (Å²) in [7, 11) is -1.44. The average Bonchev–Trinajstić information content (AvgIpc) is 2.94. The van der Waals surface area contributed by atoms with Gasteiger partial charge in [-0.2, -0.15) is 0 Å². The molecular weight excluding hydrogens is 343 g/mol. The van der Waals surface area contributed by atoms with Gasteiger partial charge in [-0.3, -0.25) is 9.78 Å². The van der Waals surface area contributed by atoms with Crippen molar-refractivity contribution in [1.82, 2.24) is 9.88 Å². The number of halogens is 1. The van der Waals surface area contributed by atoms with E-state index < -0.39 is 9.84 Å². The van der Waals surface area contributed by atoms with Crippen molar-refractivity contribution in [3.8, 4) is 0 Å². The molecule has 132 valence electrons. The molecule has 1 fully saturated rings. The van der Waals surface area contributed by atoms with Gasteiger partial charge in [-0.05, 0) is 42.2 Å². The molecule has 25 heavy (non-hydrogen) atoms. The first-order valence-electron chi connectivity index (χ1n) is 8.00. The zero-order valence-electron chi connectivity index (χ0n) is 13.9. The first-order valence-corrected chi connectivity index (χ1v) is 9.82. The first kappa shape index (κ1) is 17.5. The largest absolute Gasteiger partial charge is 0.338 e. The van der Waals surface area contributed by atoms with Crippen LogP contribution in [-0.4, -0.2) is 48.8 Å². The third kappa shape index (κ3) is 4.22. The van der Waals surface area contributed by atoms with Crippen molar-refractivity contribution in [2.75, 3.05) is 18.6 Å². The van der Waals surface area contributed by atoms with Gasteiger partial charge in [0.1, 0.15) is 5.82 Å². The molecule has 1 unspecified atom stereocenters. The van der Waals surface area contributed by atoms with E-state index in [2.05, 4.69) is 4.98 Å². The first-order chi connectivity index (χ1) is 11.8. The van der Waals surface area contributed by atoms with Crippen LogP contribution in [0.25, 0.3) is 0 Å². The fraction of sp³-hybridized carbons (Fsp3) is 0.333. The van der Waals surface area contributed by atoms with Crippen molar-refractivity contribution < 1.29 is 17.6 Å². The summed E-state index contributed by atoms with van der Waals surface area (Å²) >= 11 is 0. The Morgan fingerprint density at radius 1 is 1.28 bits per heavy atom. The highest BCUT2D eigenvalue weighted by Crippen LogP contribution is 2.19. The molecule has 1 aromatic carbocycles. The Hall–Kier alpha value is -2.28. The zero-order chi connectivity index (χ0) is 18.0. The Kier molecular flexibility index (Phi) is 4.85. The average molecular weight is 362 g/mol. The lowest BCUT2D eigenvalue weighted by Crippen LogP contribution is -2.37. The summed E-state index contributed by atoms with van der Waals surface area (Å²) in [6, 6.07) is 7.70. The molecule has 0 saturated carbocycles. The molecule has 0 bridgehead atoms. The van der Waals surface area contributed by atoms with Crippen LogP contribution in [0.2, 0.25) is 0 Å². The molecule has 7 heteroatoms. The van der Waals surface area contributed by atoms with Gasteiger partial charge in [0.2, 0.25) is 0 Å². The van der Waals surface area contributed by atoms with Crippen LogP contribution in [0.5, 0.6) is 0 Å². The van der Waals surface area contributed by atoms with E-state index in [-0.39, 0.29) is 29.3 Å². The van der Waals surface area contributed by atoms with E-state index in [9.17, 15) is 17.6 Å². The fourth-order valence-electron chi connectivity index (χ4n) is 3.03. The second kappa shape index (κ2) is 6.92. The predicted octanol–water partition coefficient (Wildman–Crippen LogP) is 2.07. The predicted molar refractivity (Wildman–Crippen MR) is 92.6 cm³/mol. The molecule has 1 saturated heterocycles. The molecule has 2 heterocycles. The molecular formula is C18H19FN2O3S. The highest BCUT2D eigenvalue weighted by molar-refractivity contribution is 7.91. The van der Waals surface area contributed by atoms with Gasteiger partial charge in [0.15, 0.2) is 9.84 Å². The van der Waals surface area contributed by atoms with Crippen LogP contribution in [0, 0.1) is 5.82 Å². The van der Waals surface area contributed by atoms with Gasteiger partial charge in [-0.15, -0.1) is 0 Å². The molecule has 0 aliphatic carbocycles. The smallest absolute Gasteiger partial charge is 0.255 e. The Balaban J connectivity index is 1.75. The number of rotatable bonds is 4. The van der Waals surface area contributed by atoms with Gasteiger partial charge in [-0.1, -0.05) is 12.1 Å². The second-order valence-corrected chi connectivity index (χ2v) is 8.59. The highest BCUT2D eigenvalue weighted by atomic mass is 32.2. The summed E-state index contributed by atoms with van der Waals surface area (Å²) in [5, 5.41) is 0. The number of amides is 1. The second-order valence-electron chi connectivity index (χ2n) is 6.36. The van der Waals surface area contributed by atoms with E-state index in [1.165, 1.54) is 23.2 Å². The summed E-state index contributed by atoms with van der Waals surface area (Å²) in [4.78, 5) is 18.2. The summed E-state index contributed by atoms with van der Waals surface area (Å²) in [6.07, 6.45) is 4.04. The Morgan fingerprint density at radius 2 is 2.08 bits per heavy atom. The summed E-state index contributed by atoms with van der Waals surface area (Å²) in [5.41, 5.74) is 1.99. The number of hydrogen-bond donors (Lipinski definition) is 0. The molecule has 1 amide bonds. The Morgan fingerprint density at radius 3 is 2.76 bits per heavy atom. The van der Waals surface area contributed by atoms with Crippen molar-refractivity contribution in [2.24, 2.45) is 0 Å². The number of benzene rings is 1. The molecule has 2 aromatic rings. The lowest BCUT2D eigenvalue weighted by atomic mass is 10.0. The van der Waals surface area contributed by atoms with Crippen molar-refractivity contribution in [2.45, 2.75) is 18.9 Å². The molecule has 1 aliphatic heterocycles. The number of pyridine rings is 1. The van der Waals surface area contributed by atoms with Gasteiger partial charge >= 0.3 is 0 Å². The van der Waals surface area contributed by atoms with E-state index in [1.807, 2.05) is 6.07 Å². The Bertz CT molecular complexity index is 899. The fourth-order valence-corrected chi connectivity index (χ4v) is 4.81. The van der Waals surface area contributed by atoms with Crippen LogP contribution in [0.3, 0.4) is 0 Å². The normalized spacial score (nSPS) is 18.9. The number of aromatic nitrogens is 1. The molecule has 0 radical (unpaired) electrons. The van der Waals surface area contributed by atoms with Crippen molar-refractivity contribution in [3.63, 3.8) is 0 Å². The quantitative estimate of drug-likeness (QED) is 0.835. The molecule has 1 aromatic heterocycles. The molecule has 0 N–H and O–H groups in total. The van der Waals surface area contributed by atoms with Crippen molar-refractivity contribution in [1.29, 1.82) is 0 Å². The SMILES string of the molecule is CN(C(=O)c1cncc(Cc2cccc(F)c2)c1)C1CCS(=O)(=O)C1. The molecule has 0 spiro atoms. The monoisotopic (exact) mass is 362 g/mol. The lowest BCUT2D eigenvalue weighted by molar-refractivity contribution is 0.0747. The Labute approximate surface area is 146 Å². The van der Waals surface area contributed by atoms with Gasteiger partial charge < -0.3 is 4.90 Å². The van der Waals surface area contributed by atoms with E-state index in [1.54, 1.807) is 25.4 Å². The minimum atomic E-state index is -3.05. The standard InChI is InChI=1S/C18H19FN2O3S/c1-21(17-5-6-25(23,24)12-17)18(22)15-8-14(10-20-11-15)7-13-3-2-4-16(19)9-13/h2-4,8-11,17H,5-7,12H2,1H3. The molecule has 3 rings (SSSR count). The van der Waals surface area contributed by atoms with Crippen molar-refractivity contribution >= 4 is 15.7 Å². The van der Waals surface area contributed by atoms with Crippen molar-refractivity contribution in [3.05, 3.63) is 65.2 Å². The summed E-state index contributed by atoms with van der Waals surface area (Å²) in [5.74, 6) is -0.436. The number of carbonyl (C=O) groups excluding carboxylic acids is 1. The van der Waals surface area contributed by atoms with E-state index in [4.69, 9.17) is 0 Å². The molecule has 5 nitrogen and oxygen atoms in total. The minimum absolute atomic E-state index is 0.00561. The lowest BCUT2D eigenvalue weighted by Gasteiger charge is -2.23. The third-order valence-electron chi connectivity index (χ3n) is 4.42. The topological polar surface area (TPSA) is 67.3 Å². The van der Waals surface area contributed by atoms with Gasteiger partial charge in [-0.25, -0.2) is 12.8 Å². The third-order valence-corrected chi connectivity index (χ3v) is 6.17. The van der Waals surface area contributed by atoms with Crippen LogP contribution in [0.15, 0.2) is 42.7 Å². The van der Waals surface area contributed by atoms with E-state index in [0.29, 0.717) is 18.4 Å². The molecule has 1 aliphatic rings. The van der Waals surface area contributed by atoms with Crippen LogP contribution in [-0.2, 0) is 16.3 Å². The van der Waals surface area contributed by atoms with Crippen LogP contribution in [0.4, 0.5) is 4.39 Å². The minimum Gasteiger partial charge on any atom is -0.338 e. The number of sulfone groups is 1. The molecule has 1 atom stereocenters. The maximum absolute atomic E-state index is 13.3. The highest BCUT2D eigenvalue weighted by Gasteiger charge is 2.33.